The molecule has 2 saturated carbocycles. The normalized spacial score (nSPS) is 20.4. The number of halogens is 2. The highest BCUT2D eigenvalue weighted by molar-refractivity contribution is 5.85. The molecule has 0 radical (unpaired) electrons. The van der Waals surface area contributed by atoms with Gasteiger partial charge in [-0.15, -0.1) is 0 Å². The van der Waals surface area contributed by atoms with Gasteiger partial charge in [-0.2, -0.15) is 4.98 Å². The Kier molecular flexibility index (Phi) is 7.78. The van der Waals surface area contributed by atoms with Crippen molar-refractivity contribution in [1.82, 2.24) is 19.4 Å². The number of amides is 1. The first-order chi connectivity index (χ1) is 18.4. The highest BCUT2D eigenvalue weighted by Gasteiger charge is 2.34. The van der Waals surface area contributed by atoms with E-state index in [1.54, 1.807) is 16.7 Å². The number of rotatable bonds is 7. The highest BCUT2D eigenvalue weighted by atomic mass is 19.2. The minimum absolute atomic E-state index is 0.0404. The number of hydrogen-bond acceptors (Lipinski definition) is 6. The quantitative estimate of drug-likeness (QED) is 0.471. The Labute approximate surface area is 220 Å². The van der Waals surface area contributed by atoms with Crippen molar-refractivity contribution in [2.24, 2.45) is 0 Å². The molecule has 2 aliphatic rings. The second-order valence-corrected chi connectivity index (χ2v) is 10.2. The fourth-order valence-electron chi connectivity index (χ4n) is 5.97. The van der Waals surface area contributed by atoms with E-state index < -0.39 is 11.6 Å². The van der Waals surface area contributed by atoms with Crippen LogP contribution in [0.2, 0.25) is 0 Å². The van der Waals surface area contributed by atoms with Crippen molar-refractivity contribution in [3.05, 3.63) is 35.9 Å². The van der Waals surface area contributed by atoms with E-state index in [0.717, 1.165) is 57.1 Å². The molecule has 2 aromatic heterocycles. The molecule has 8 nitrogen and oxygen atoms in total. The maximum atomic E-state index is 14.4. The lowest BCUT2D eigenvalue weighted by molar-refractivity contribution is -0.139. The van der Waals surface area contributed by atoms with Gasteiger partial charge >= 0.3 is 0 Å². The molecular weight excluding hydrogens is 494 g/mol. The Balaban J connectivity index is 1.58. The number of benzene rings is 1. The molecule has 2 heterocycles. The number of carbonyl (C=O) groups excluding carboxylic acids is 1. The molecule has 0 spiro atoms. The second kappa shape index (κ2) is 11.2. The van der Waals surface area contributed by atoms with Gasteiger partial charge in [0.2, 0.25) is 17.7 Å². The first-order valence-electron chi connectivity index (χ1n) is 13.3. The number of ether oxygens (including phenoxy) is 2. The molecule has 2 aliphatic carbocycles. The van der Waals surface area contributed by atoms with Gasteiger partial charge in [-0.3, -0.25) is 4.79 Å². The lowest BCUT2D eigenvalue weighted by Crippen LogP contribution is -2.50. The van der Waals surface area contributed by atoms with Gasteiger partial charge in [0.05, 0.1) is 36.9 Å². The molecule has 204 valence electrons. The minimum atomic E-state index is -1.01. The lowest BCUT2D eigenvalue weighted by atomic mass is 9.87. The van der Waals surface area contributed by atoms with E-state index in [1.807, 2.05) is 4.90 Å². The topological polar surface area (TPSA) is 89.7 Å². The third-order valence-corrected chi connectivity index (χ3v) is 7.88. The number of imidazole rings is 1. The van der Waals surface area contributed by atoms with Gasteiger partial charge in [-0.05, 0) is 44.6 Å². The van der Waals surface area contributed by atoms with Crippen LogP contribution >= 0.6 is 0 Å². The van der Waals surface area contributed by atoms with Crippen molar-refractivity contribution in [3.63, 3.8) is 0 Å². The maximum Gasteiger partial charge on any atom is 0.243 e. The van der Waals surface area contributed by atoms with Crippen molar-refractivity contribution in [3.8, 4) is 23.1 Å². The lowest BCUT2D eigenvalue weighted by Gasteiger charge is -2.42. The van der Waals surface area contributed by atoms with E-state index in [0.29, 0.717) is 35.6 Å². The number of carbonyl (C=O) groups is 1. The van der Waals surface area contributed by atoms with Crippen LogP contribution in [0.1, 0.15) is 57.8 Å². The molecule has 3 aromatic rings. The van der Waals surface area contributed by atoms with Crippen LogP contribution < -0.4 is 9.47 Å². The van der Waals surface area contributed by atoms with E-state index in [9.17, 15) is 18.7 Å². The Morgan fingerprint density at radius 3 is 2.34 bits per heavy atom. The van der Waals surface area contributed by atoms with E-state index in [-0.39, 0.29) is 42.0 Å². The van der Waals surface area contributed by atoms with Crippen molar-refractivity contribution >= 4 is 16.9 Å². The van der Waals surface area contributed by atoms with Crippen molar-refractivity contribution in [1.29, 1.82) is 0 Å². The summed E-state index contributed by atoms with van der Waals surface area (Å²) in [6, 6.07) is 5.65. The summed E-state index contributed by atoms with van der Waals surface area (Å²) in [7, 11) is 2.95. The van der Waals surface area contributed by atoms with Gasteiger partial charge in [0, 0.05) is 30.3 Å². The molecule has 0 atom stereocenters. The molecule has 38 heavy (non-hydrogen) atoms. The van der Waals surface area contributed by atoms with Gasteiger partial charge in [0.15, 0.2) is 11.6 Å². The summed E-state index contributed by atoms with van der Waals surface area (Å²) in [6.07, 6.45) is 7.69. The Morgan fingerprint density at radius 2 is 1.66 bits per heavy atom. The largest absolute Gasteiger partial charge is 0.481 e. The zero-order valence-corrected chi connectivity index (χ0v) is 21.8. The van der Waals surface area contributed by atoms with Crippen LogP contribution in [-0.2, 0) is 11.3 Å². The summed E-state index contributed by atoms with van der Waals surface area (Å²) in [5, 5.41) is 10.1. The molecule has 1 N–H and O–H groups in total. The number of aromatic nitrogens is 3. The Hall–Kier alpha value is -3.27. The van der Waals surface area contributed by atoms with Crippen LogP contribution in [0.5, 0.6) is 11.8 Å². The summed E-state index contributed by atoms with van der Waals surface area (Å²) in [5.41, 5.74) is 1.02. The Morgan fingerprint density at radius 1 is 0.974 bits per heavy atom. The van der Waals surface area contributed by atoms with E-state index in [4.69, 9.17) is 9.47 Å². The summed E-state index contributed by atoms with van der Waals surface area (Å²) in [4.78, 5) is 25.0. The molecule has 1 aromatic carbocycles. The average molecular weight is 529 g/mol. The highest BCUT2D eigenvalue weighted by Crippen LogP contribution is 2.35. The smallest absolute Gasteiger partial charge is 0.243 e. The number of hydrogen-bond donors (Lipinski definition) is 1. The number of fused-ring (bicyclic) bond motifs is 1. The standard InChI is InChI=1S/C28H34F2N4O4/c1-37-25-13-12-20(28(32-25)38-2)27-31-23-14-21(29)22(30)15-24(23)33(27)16-26(36)34(17-6-4-3-5-7-17)18-8-10-19(35)11-9-18/h12-15,17-19,35H,3-11,16H2,1-2H3/t18-,19-. The first-order valence-corrected chi connectivity index (χ1v) is 13.3. The molecule has 0 unspecified atom stereocenters. The zero-order valence-electron chi connectivity index (χ0n) is 21.8. The summed E-state index contributed by atoms with van der Waals surface area (Å²) in [5.74, 6) is -1.23. The fraction of sp³-hybridized carbons (Fsp3) is 0.536. The molecular formula is C28H34F2N4O4. The SMILES string of the molecule is COc1ccc(-c2nc3cc(F)c(F)cc3n2CC(=O)N(C2CCCCC2)[C@H]2CC[C@H](O)CC2)c(OC)n1. The monoisotopic (exact) mass is 528 g/mol. The zero-order chi connectivity index (χ0) is 26.8. The average Bonchev–Trinajstić information content (AvgIpc) is 3.26. The van der Waals surface area contributed by atoms with Gasteiger partial charge < -0.3 is 24.0 Å². The van der Waals surface area contributed by atoms with Gasteiger partial charge in [-0.1, -0.05) is 19.3 Å². The maximum absolute atomic E-state index is 14.4. The molecule has 1 amide bonds. The van der Waals surface area contributed by atoms with Crippen LogP contribution in [-0.4, -0.2) is 62.9 Å². The molecule has 2 fully saturated rings. The second-order valence-electron chi connectivity index (χ2n) is 10.2. The molecule has 0 aliphatic heterocycles. The van der Waals surface area contributed by atoms with Gasteiger partial charge in [0.1, 0.15) is 12.4 Å². The number of nitrogens with zero attached hydrogens (tertiary/aromatic N) is 4. The summed E-state index contributed by atoms with van der Waals surface area (Å²) < 4.78 is 40.9. The number of pyridine rings is 1. The van der Waals surface area contributed by atoms with Crippen LogP contribution in [0.3, 0.4) is 0 Å². The molecule has 10 heteroatoms. The number of methoxy groups -OCH3 is 2. The van der Waals surface area contributed by atoms with Crippen LogP contribution in [0.4, 0.5) is 8.78 Å². The predicted molar refractivity (Wildman–Crippen MR) is 138 cm³/mol. The van der Waals surface area contributed by atoms with Crippen LogP contribution in [0, 0.1) is 11.6 Å². The van der Waals surface area contributed by atoms with E-state index in [2.05, 4.69) is 9.97 Å². The van der Waals surface area contributed by atoms with Crippen molar-refractivity contribution in [2.45, 2.75) is 82.5 Å². The first kappa shape index (κ1) is 26.3. The fourth-order valence-corrected chi connectivity index (χ4v) is 5.97. The van der Waals surface area contributed by atoms with Crippen LogP contribution in [0.25, 0.3) is 22.4 Å². The summed E-state index contributed by atoms with van der Waals surface area (Å²) in [6.45, 7) is -0.0956. The molecule has 0 bridgehead atoms. The summed E-state index contributed by atoms with van der Waals surface area (Å²) >= 11 is 0. The minimum Gasteiger partial charge on any atom is -0.481 e. The number of aliphatic hydroxyl groups excluding tert-OH is 1. The molecule has 0 saturated heterocycles. The van der Waals surface area contributed by atoms with Gasteiger partial charge in [0.25, 0.3) is 0 Å². The third kappa shape index (κ3) is 5.18. The molecule has 5 rings (SSSR count). The van der Waals surface area contributed by atoms with Crippen molar-refractivity contribution < 1.29 is 28.2 Å². The van der Waals surface area contributed by atoms with Gasteiger partial charge in [-0.25, -0.2) is 13.8 Å². The van der Waals surface area contributed by atoms with Crippen molar-refractivity contribution in [2.75, 3.05) is 14.2 Å². The predicted octanol–water partition coefficient (Wildman–Crippen LogP) is 4.86. The van der Waals surface area contributed by atoms with E-state index >= 15 is 0 Å². The van der Waals surface area contributed by atoms with E-state index in [1.165, 1.54) is 14.2 Å². The number of aliphatic hydroxyl groups is 1. The van der Waals surface area contributed by atoms with Crippen LogP contribution in [0.15, 0.2) is 24.3 Å². The Bertz CT molecular complexity index is 1300. The third-order valence-electron chi connectivity index (χ3n) is 7.88.